The summed E-state index contributed by atoms with van der Waals surface area (Å²) in [6.07, 6.45) is 4.98. The van der Waals surface area contributed by atoms with Crippen molar-refractivity contribution in [1.29, 1.82) is 0 Å². The number of aryl methyl sites for hydroxylation is 1. The average molecular weight is 237 g/mol. The zero-order valence-electron chi connectivity index (χ0n) is 9.78. The average Bonchev–Trinajstić information content (AvgIpc) is 2.86. The smallest absolute Gasteiger partial charge is 0.114 e. The van der Waals surface area contributed by atoms with Crippen molar-refractivity contribution >= 4 is 11.3 Å². The van der Waals surface area contributed by atoms with Crippen LogP contribution in [0, 0.1) is 6.92 Å². The van der Waals surface area contributed by atoms with Crippen LogP contribution in [0.15, 0.2) is 5.38 Å². The highest BCUT2D eigenvalue weighted by Gasteiger charge is 2.47. The van der Waals surface area contributed by atoms with Crippen molar-refractivity contribution in [2.45, 2.75) is 44.2 Å². The molecule has 2 saturated heterocycles. The fraction of sp³-hybridized carbons (Fsp3) is 0.750. The summed E-state index contributed by atoms with van der Waals surface area (Å²) in [6.45, 7) is 4.44. The highest BCUT2D eigenvalue weighted by molar-refractivity contribution is 7.09. The lowest BCUT2D eigenvalue weighted by molar-refractivity contribution is 0.157. The van der Waals surface area contributed by atoms with E-state index in [1.807, 2.05) is 0 Å². The van der Waals surface area contributed by atoms with E-state index in [1.165, 1.54) is 25.8 Å². The summed E-state index contributed by atoms with van der Waals surface area (Å²) in [5.74, 6) is 0. The van der Waals surface area contributed by atoms with Crippen molar-refractivity contribution in [2.24, 2.45) is 5.73 Å². The van der Waals surface area contributed by atoms with E-state index in [0.717, 1.165) is 23.7 Å². The zero-order chi connectivity index (χ0) is 11.2. The van der Waals surface area contributed by atoms with Crippen LogP contribution in [0.1, 0.15) is 36.4 Å². The molecule has 2 unspecified atom stereocenters. The maximum absolute atomic E-state index is 6.65. The predicted molar refractivity (Wildman–Crippen MR) is 66.5 cm³/mol. The summed E-state index contributed by atoms with van der Waals surface area (Å²) in [6, 6.07) is 0.534. The van der Waals surface area contributed by atoms with Gasteiger partial charge in [0, 0.05) is 23.7 Å². The van der Waals surface area contributed by atoms with Crippen molar-refractivity contribution in [3.63, 3.8) is 0 Å². The van der Waals surface area contributed by atoms with Crippen LogP contribution in [0.5, 0.6) is 0 Å². The molecule has 3 rings (SSSR count). The Hall–Kier alpha value is -0.450. The molecule has 4 heteroatoms. The van der Waals surface area contributed by atoms with Crippen LogP contribution in [0.2, 0.25) is 0 Å². The first kappa shape index (κ1) is 10.7. The van der Waals surface area contributed by atoms with E-state index in [0.29, 0.717) is 6.04 Å². The predicted octanol–water partition coefficient (Wildman–Crippen LogP) is 1.86. The van der Waals surface area contributed by atoms with Crippen molar-refractivity contribution in [1.82, 2.24) is 9.88 Å². The van der Waals surface area contributed by atoms with Gasteiger partial charge in [-0.25, -0.2) is 4.98 Å². The van der Waals surface area contributed by atoms with Crippen LogP contribution in [-0.4, -0.2) is 29.0 Å². The van der Waals surface area contributed by atoms with Gasteiger partial charge in [0.15, 0.2) is 0 Å². The molecule has 88 valence electrons. The van der Waals surface area contributed by atoms with E-state index in [2.05, 4.69) is 22.2 Å². The molecule has 2 N–H and O–H groups in total. The second-order valence-corrected chi connectivity index (χ2v) is 5.99. The molecule has 3 nitrogen and oxygen atoms in total. The minimum absolute atomic E-state index is 0.167. The summed E-state index contributed by atoms with van der Waals surface area (Å²) < 4.78 is 0. The zero-order valence-corrected chi connectivity index (χ0v) is 10.6. The van der Waals surface area contributed by atoms with Gasteiger partial charge >= 0.3 is 0 Å². The topological polar surface area (TPSA) is 42.1 Å². The quantitative estimate of drug-likeness (QED) is 0.810. The Bertz CT molecular complexity index is 389. The van der Waals surface area contributed by atoms with Crippen molar-refractivity contribution in [3.05, 3.63) is 16.1 Å². The van der Waals surface area contributed by atoms with Gasteiger partial charge in [-0.3, -0.25) is 4.90 Å². The lowest BCUT2D eigenvalue weighted by Crippen LogP contribution is -2.50. The summed E-state index contributed by atoms with van der Waals surface area (Å²) in [7, 11) is 0. The van der Waals surface area contributed by atoms with E-state index in [9.17, 15) is 0 Å². The maximum Gasteiger partial charge on any atom is 0.114 e. The molecule has 2 fully saturated rings. The number of piperidine rings is 1. The fourth-order valence-electron chi connectivity index (χ4n) is 3.15. The van der Waals surface area contributed by atoms with Gasteiger partial charge in [0.25, 0.3) is 0 Å². The Balaban J connectivity index is 1.92. The van der Waals surface area contributed by atoms with Crippen molar-refractivity contribution in [2.75, 3.05) is 13.1 Å². The van der Waals surface area contributed by atoms with E-state index in [1.54, 1.807) is 11.3 Å². The molecule has 0 saturated carbocycles. The van der Waals surface area contributed by atoms with E-state index < -0.39 is 0 Å². The molecule has 1 aromatic rings. The molecule has 0 bridgehead atoms. The van der Waals surface area contributed by atoms with Gasteiger partial charge in [0.05, 0.1) is 5.54 Å². The van der Waals surface area contributed by atoms with Crippen LogP contribution in [0.4, 0.5) is 0 Å². The standard InChI is InChI=1S/C12H19N3S/c1-9-8-16-11(14-9)12(13)5-7-15-6-3-2-4-10(12)15/h8,10H,2-7,13H2,1H3. The summed E-state index contributed by atoms with van der Waals surface area (Å²) >= 11 is 1.74. The third-order valence-electron chi connectivity index (χ3n) is 4.04. The fourth-order valence-corrected chi connectivity index (χ4v) is 4.14. The Kier molecular flexibility index (Phi) is 2.53. The Morgan fingerprint density at radius 2 is 2.38 bits per heavy atom. The molecule has 0 radical (unpaired) electrons. The van der Waals surface area contributed by atoms with Gasteiger partial charge in [-0.1, -0.05) is 6.42 Å². The molecule has 16 heavy (non-hydrogen) atoms. The number of aromatic nitrogens is 1. The number of nitrogens with two attached hydrogens (primary N) is 1. The normalized spacial score (nSPS) is 35.2. The summed E-state index contributed by atoms with van der Waals surface area (Å²) in [5, 5.41) is 3.27. The molecular weight excluding hydrogens is 218 g/mol. The molecule has 0 amide bonds. The summed E-state index contributed by atoms with van der Waals surface area (Å²) in [4.78, 5) is 7.19. The van der Waals surface area contributed by atoms with Gasteiger partial charge in [-0.05, 0) is 32.7 Å². The molecule has 2 aliphatic rings. The van der Waals surface area contributed by atoms with Gasteiger partial charge < -0.3 is 5.73 Å². The van der Waals surface area contributed by atoms with Crippen LogP contribution in [-0.2, 0) is 5.54 Å². The van der Waals surface area contributed by atoms with Crippen molar-refractivity contribution in [3.8, 4) is 0 Å². The number of hydrogen-bond donors (Lipinski definition) is 1. The molecule has 0 aromatic carbocycles. The van der Waals surface area contributed by atoms with Crippen LogP contribution >= 0.6 is 11.3 Å². The maximum atomic E-state index is 6.65. The first-order chi connectivity index (χ1) is 7.70. The summed E-state index contributed by atoms with van der Waals surface area (Å²) in [5.41, 5.74) is 7.60. The SMILES string of the molecule is Cc1csc(C2(N)CCN3CCCCC32)n1. The third kappa shape index (κ3) is 1.51. The molecule has 0 spiro atoms. The molecule has 0 aliphatic carbocycles. The Labute approximate surface area is 101 Å². The second kappa shape index (κ2) is 3.79. The van der Waals surface area contributed by atoms with Gasteiger partial charge in [0.1, 0.15) is 5.01 Å². The van der Waals surface area contributed by atoms with Gasteiger partial charge in [0.2, 0.25) is 0 Å². The minimum atomic E-state index is -0.167. The van der Waals surface area contributed by atoms with E-state index >= 15 is 0 Å². The highest BCUT2D eigenvalue weighted by atomic mass is 32.1. The lowest BCUT2D eigenvalue weighted by atomic mass is 9.87. The Morgan fingerprint density at radius 1 is 1.50 bits per heavy atom. The number of thiazole rings is 1. The molecule has 3 heterocycles. The van der Waals surface area contributed by atoms with Crippen molar-refractivity contribution < 1.29 is 0 Å². The minimum Gasteiger partial charge on any atom is -0.318 e. The lowest BCUT2D eigenvalue weighted by Gasteiger charge is -2.37. The van der Waals surface area contributed by atoms with Gasteiger partial charge in [-0.2, -0.15) is 0 Å². The van der Waals surface area contributed by atoms with E-state index in [4.69, 9.17) is 5.73 Å². The van der Waals surface area contributed by atoms with Gasteiger partial charge in [-0.15, -0.1) is 11.3 Å². The molecule has 1 aromatic heterocycles. The highest BCUT2D eigenvalue weighted by Crippen LogP contribution is 2.41. The largest absolute Gasteiger partial charge is 0.318 e. The van der Waals surface area contributed by atoms with Crippen LogP contribution in [0.25, 0.3) is 0 Å². The first-order valence-corrected chi connectivity index (χ1v) is 7.04. The second-order valence-electron chi connectivity index (χ2n) is 5.13. The monoisotopic (exact) mass is 237 g/mol. The molecule has 2 atom stereocenters. The molecule has 2 aliphatic heterocycles. The van der Waals surface area contributed by atoms with Crippen LogP contribution < -0.4 is 5.73 Å². The first-order valence-electron chi connectivity index (χ1n) is 6.16. The number of hydrogen-bond acceptors (Lipinski definition) is 4. The number of fused-ring (bicyclic) bond motifs is 1. The third-order valence-corrected chi connectivity index (χ3v) is 5.19. The molecular formula is C12H19N3S. The Morgan fingerprint density at radius 3 is 3.12 bits per heavy atom. The van der Waals surface area contributed by atoms with Crippen LogP contribution in [0.3, 0.4) is 0 Å². The van der Waals surface area contributed by atoms with E-state index in [-0.39, 0.29) is 5.54 Å². The number of rotatable bonds is 1. The number of nitrogens with zero attached hydrogens (tertiary/aromatic N) is 2.